The van der Waals surface area contributed by atoms with Gasteiger partial charge >= 0.3 is 0 Å². The molecule has 5 heteroatoms. The molecule has 0 bridgehead atoms. The van der Waals surface area contributed by atoms with Crippen LogP contribution in [-0.2, 0) is 19.5 Å². The van der Waals surface area contributed by atoms with Crippen molar-refractivity contribution in [2.45, 2.75) is 32.4 Å². The van der Waals surface area contributed by atoms with Crippen LogP contribution < -0.4 is 5.32 Å². The van der Waals surface area contributed by atoms with Crippen molar-refractivity contribution in [1.82, 2.24) is 20.1 Å². The highest BCUT2D eigenvalue weighted by atomic mass is 79.9. The maximum Gasteiger partial charge on any atom is 0.147 e. The minimum atomic E-state index is 0.762. The second-order valence-corrected chi connectivity index (χ2v) is 4.88. The van der Waals surface area contributed by atoms with Crippen molar-refractivity contribution in [1.29, 1.82) is 0 Å². The highest BCUT2D eigenvalue weighted by Gasteiger charge is 2.14. The number of hydrogen-bond donors (Lipinski definition) is 1. The SMILES string of the molecule is C=C(Br)CNCc1nnc2n1CCCC2. The molecular weight excluding hydrogens is 256 g/mol. The van der Waals surface area contributed by atoms with Gasteiger partial charge in [0, 0.05) is 24.0 Å². The van der Waals surface area contributed by atoms with Gasteiger partial charge in [0.2, 0.25) is 0 Å². The zero-order chi connectivity index (χ0) is 10.7. The average molecular weight is 271 g/mol. The molecule has 0 amide bonds. The van der Waals surface area contributed by atoms with Crippen LogP contribution in [0, 0.1) is 0 Å². The Kier molecular flexibility index (Phi) is 3.53. The first-order valence-electron chi connectivity index (χ1n) is 5.22. The molecule has 1 N–H and O–H groups in total. The highest BCUT2D eigenvalue weighted by Crippen LogP contribution is 2.13. The molecule has 0 unspecified atom stereocenters. The molecule has 2 rings (SSSR count). The van der Waals surface area contributed by atoms with E-state index in [1.807, 2.05) is 0 Å². The van der Waals surface area contributed by atoms with E-state index in [2.05, 4.69) is 42.6 Å². The predicted molar refractivity (Wildman–Crippen MR) is 62.7 cm³/mol. The lowest BCUT2D eigenvalue weighted by Gasteiger charge is -2.14. The minimum Gasteiger partial charge on any atom is -0.314 e. The fourth-order valence-corrected chi connectivity index (χ4v) is 2.01. The maximum absolute atomic E-state index is 4.20. The molecule has 82 valence electrons. The standard InChI is InChI=1S/C10H15BrN4/c1-8(11)6-12-7-10-14-13-9-4-2-3-5-15(9)10/h12H,1-7H2. The van der Waals surface area contributed by atoms with Crippen LogP contribution in [0.4, 0.5) is 0 Å². The van der Waals surface area contributed by atoms with Gasteiger partial charge in [0.05, 0.1) is 6.54 Å². The molecule has 0 atom stereocenters. The van der Waals surface area contributed by atoms with Crippen LogP contribution >= 0.6 is 15.9 Å². The van der Waals surface area contributed by atoms with E-state index in [1.165, 1.54) is 12.8 Å². The summed E-state index contributed by atoms with van der Waals surface area (Å²) in [4.78, 5) is 0. The van der Waals surface area contributed by atoms with Crippen LogP contribution in [0.5, 0.6) is 0 Å². The number of halogens is 1. The molecule has 4 nitrogen and oxygen atoms in total. The number of aromatic nitrogens is 3. The van der Waals surface area contributed by atoms with Crippen LogP contribution in [0.3, 0.4) is 0 Å². The fourth-order valence-electron chi connectivity index (χ4n) is 1.81. The smallest absolute Gasteiger partial charge is 0.147 e. The third-order valence-corrected chi connectivity index (χ3v) is 2.82. The summed E-state index contributed by atoms with van der Waals surface area (Å²) >= 11 is 3.31. The van der Waals surface area contributed by atoms with Crippen LogP contribution in [0.2, 0.25) is 0 Å². The van der Waals surface area contributed by atoms with E-state index in [1.54, 1.807) is 0 Å². The molecule has 1 aliphatic heterocycles. The van der Waals surface area contributed by atoms with Crippen LogP contribution in [0.1, 0.15) is 24.5 Å². The van der Waals surface area contributed by atoms with Crippen LogP contribution in [0.25, 0.3) is 0 Å². The third-order valence-electron chi connectivity index (χ3n) is 2.54. The molecule has 0 saturated carbocycles. The Morgan fingerprint density at radius 1 is 1.47 bits per heavy atom. The molecule has 1 aliphatic rings. The van der Waals surface area contributed by atoms with Gasteiger partial charge in [-0.3, -0.25) is 0 Å². The van der Waals surface area contributed by atoms with Gasteiger partial charge in [0.1, 0.15) is 11.6 Å². The first-order valence-corrected chi connectivity index (χ1v) is 6.01. The summed E-state index contributed by atoms with van der Waals surface area (Å²) in [5.41, 5.74) is 0. The Morgan fingerprint density at radius 3 is 3.13 bits per heavy atom. The summed E-state index contributed by atoms with van der Waals surface area (Å²) in [5, 5.41) is 11.7. The summed E-state index contributed by atoms with van der Waals surface area (Å²) in [6.07, 6.45) is 3.55. The second-order valence-electron chi connectivity index (χ2n) is 3.76. The highest BCUT2D eigenvalue weighted by molar-refractivity contribution is 9.11. The van der Waals surface area contributed by atoms with Crippen LogP contribution in [0.15, 0.2) is 11.1 Å². The van der Waals surface area contributed by atoms with Gasteiger partial charge in [-0.15, -0.1) is 10.2 Å². The van der Waals surface area contributed by atoms with E-state index in [0.717, 1.165) is 42.2 Å². The van der Waals surface area contributed by atoms with Crippen molar-refractivity contribution < 1.29 is 0 Å². The Labute approximate surface area is 97.9 Å². The van der Waals surface area contributed by atoms with E-state index >= 15 is 0 Å². The molecule has 0 fully saturated rings. The quantitative estimate of drug-likeness (QED) is 0.904. The predicted octanol–water partition coefficient (Wildman–Crippen LogP) is 1.61. The lowest BCUT2D eigenvalue weighted by atomic mass is 10.2. The number of aryl methyl sites for hydroxylation is 1. The minimum absolute atomic E-state index is 0.762. The molecule has 1 aromatic rings. The van der Waals surface area contributed by atoms with Gasteiger partial charge in [0.25, 0.3) is 0 Å². The first kappa shape index (κ1) is 10.8. The lowest BCUT2D eigenvalue weighted by molar-refractivity contribution is 0.500. The zero-order valence-electron chi connectivity index (χ0n) is 8.67. The third kappa shape index (κ3) is 2.66. The molecule has 0 aliphatic carbocycles. The van der Waals surface area contributed by atoms with Crippen molar-refractivity contribution in [2.75, 3.05) is 6.54 Å². The van der Waals surface area contributed by atoms with E-state index in [4.69, 9.17) is 0 Å². The van der Waals surface area contributed by atoms with Crippen molar-refractivity contribution in [2.24, 2.45) is 0 Å². The van der Waals surface area contributed by atoms with Crippen LogP contribution in [-0.4, -0.2) is 21.3 Å². The normalized spacial score (nSPS) is 15.0. The molecule has 1 aromatic heterocycles. The van der Waals surface area contributed by atoms with Crippen molar-refractivity contribution in [3.05, 3.63) is 22.7 Å². The topological polar surface area (TPSA) is 42.7 Å². The largest absolute Gasteiger partial charge is 0.314 e. The van der Waals surface area contributed by atoms with E-state index in [0.29, 0.717) is 0 Å². The maximum atomic E-state index is 4.20. The molecule has 15 heavy (non-hydrogen) atoms. The Bertz CT molecular complexity index is 358. The first-order chi connectivity index (χ1) is 7.27. The molecule has 0 radical (unpaired) electrons. The van der Waals surface area contributed by atoms with E-state index in [9.17, 15) is 0 Å². The summed E-state index contributed by atoms with van der Waals surface area (Å²) in [6.45, 7) is 6.36. The summed E-state index contributed by atoms with van der Waals surface area (Å²) in [7, 11) is 0. The zero-order valence-corrected chi connectivity index (χ0v) is 10.3. The van der Waals surface area contributed by atoms with Gasteiger partial charge in [0.15, 0.2) is 0 Å². The Balaban J connectivity index is 1.96. The second kappa shape index (κ2) is 4.90. The number of nitrogens with one attached hydrogen (secondary N) is 1. The number of hydrogen-bond acceptors (Lipinski definition) is 3. The van der Waals surface area contributed by atoms with Gasteiger partial charge < -0.3 is 9.88 Å². The summed E-state index contributed by atoms with van der Waals surface area (Å²) in [6, 6.07) is 0. The lowest BCUT2D eigenvalue weighted by Crippen LogP contribution is -2.20. The Morgan fingerprint density at radius 2 is 2.33 bits per heavy atom. The number of nitrogens with zero attached hydrogens (tertiary/aromatic N) is 3. The monoisotopic (exact) mass is 270 g/mol. The van der Waals surface area contributed by atoms with Crippen molar-refractivity contribution in [3.8, 4) is 0 Å². The molecule has 0 saturated heterocycles. The Hall–Kier alpha value is -0.680. The van der Waals surface area contributed by atoms with E-state index in [-0.39, 0.29) is 0 Å². The van der Waals surface area contributed by atoms with Crippen molar-refractivity contribution >= 4 is 15.9 Å². The van der Waals surface area contributed by atoms with Gasteiger partial charge in [-0.05, 0) is 12.8 Å². The fraction of sp³-hybridized carbons (Fsp3) is 0.600. The molecule has 0 spiro atoms. The van der Waals surface area contributed by atoms with E-state index < -0.39 is 0 Å². The molecular formula is C10H15BrN4. The van der Waals surface area contributed by atoms with Crippen molar-refractivity contribution in [3.63, 3.8) is 0 Å². The summed E-state index contributed by atoms with van der Waals surface area (Å²) < 4.78 is 3.19. The average Bonchev–Trinajstić information content (AvgIpc) is 2.62. The molecule has 0 aromatic carbocycles. The van der Waals surface area contributed by atoms with Gasteiger partial charge in [-0.25, -0.2) is 0 Å². The summed E-state index contributed by atoms with van der Waals surface area (Å²) in [5.74, 6) is 2.18. The van der Waals surface area contributed by atoms with Gasteiger partial charge in [-0.1, -0.05) is 22.5 Å². The number of rotatable bonds is 4. The number of fused-ring (bicyclic) bond motifs is 1. The molecule has 2 heterocycles. The van der Waals surface area contributed by atoms with Gasteiger partial charge in [-0.2, -0.15) is 0 Å².